The Morgan fingerprint density at radius 2 is 1.74 bits per heavy atom. The standard InChI is InChI=1S/C15H13FN2S/c1-19-18(14-5-3-2-4-6-14)15(11-17)12-7-9-13(16)10-8-12/h2-10,15H,1H3. The van der Waals surface area contributed by atoms with E-state index in [1.165, 1.54) is 24.1 Å². The van der Waals surface area contributed by atoms with Crippen molar-refractivity contribution in [1.82, 2.24) is 0 Å². The highest BCUT2D eigenvalue weighted by Crippen LogP contribution is 2.31. The number of para-hydroxylation sites is 1. The molecule has 0 radical (unpaired) electrons. The molecule has 1 atom stereocenters. The lowest BCUT2D eigenvalue weighted by atomic mass is 10.1. The minimum absolute atomic E-state index is 0.296. The fraction of sp³-hybridized carbons (Fsp3) is 0.133. The van der Waals surface area contributed by atoms with Crippen molar-refractivity contribution in [3.8, 4) is 6.07 Å². The molecule has 0 aliphatic heterocycles. The van der Waals surface area contributed by atoms with E-state index in [0.717, 1.165) is 11.3 Å². The van der Waals surface area contributed by atoms with Crippen LogP contribution in [-0.2, 0) is 0 Å². The summed E-state index contributed by atoms with van der Waals surface area (Å²) in [6, 6.07) is 17.6. The third kappa shape index (κ3) is 3.07. The van der Waals surface area contributed by atoms with Crippen LogP contribution in [0.5, 0.6) is 0 Å². The molecular weight excluding hydrogens is 259 g/mol. The van der Waals surface area contributed by atoms with Gasteiger partial charge in [0, 0.05) is 11.9 Å². The molecule has 0 aliphatic carbocycles. The minimum Gasteiger partial charge on any atom is -0.295 e. The van der Waals surface area contributed by atoms with Crippen LogP contribution in [0, 0.1) is 17.1 Å². The average molecular weight is 272 g/mol. The van der Waals surface area contributed by atoms with E-state index in [9.17, 15) is 9.65 Å². The van der Waals surface area contributed by atoms with Crippen LogP contribution >= 0.6 is 11.9 Å². The lowest BCUT2D eigenvalue weighted by molar-refractivity contribution is 0.626. The Hall–Kier alpha value is -1.99. The van der Waals surface area contributed by atoms with Gasteiger partial charge in [-0.15, -0.1) is 0 Å². The topological polar surface area (TPSA) is 27.0 Å². The Kier molecular flexibility index (Phi) is 4.43. The number of nitrogens with zero attached hydrogens (tertiary/aromatic N) is 2. The first-order valence-electron chi connectivity index (χ1n) is 5.79. The van der Waals surface area contributed by atoms with Crippen molar-refractivity contribution in [3.05, 3.63) is 66.0 Å². The molecule has 0 heterocycles. The average Bonchev–Trinajstić information content (AvgIpc) is 2.47. The van der Waals surface area contributed by atoms with E-state index in [-0.39, 0.29) is 5.82 Å². The van der Waals surface area contributed by atoms with Crippen LogP contribution in [-0.4, -0.2) is 6.26 Å². The summed E-state index contributed by atoms with van der Waals surface area (Å²) in [5, 5.41) is 9.41. The highest BCUT2D eigenvalue weighted by molar-refractivity contribution is 8.00. The summed E-state index contributed by atoms with van der Waals surface area (Å²) in [6.07, 6.45) is 1.92. The third-order valence-electron chi connectivity index (χ3n) is 2.75. The number of hydrogen-bond acceptors (Lipinski definition) is 3. The van der Waals surface area contributed by atoms with E-state index in [0.29, 0.717) is 0 Å². The highest BCUT2D eigenvalue weighted by Gasteiger charge is 2.20. The summed E-state index contributed by atoms with van der Waals surface area (Å²) in [5.41, 5.74) is 1.73. The summed E-state index contributed by atoms with van der Waals surface area (Å²) in [7, 11) is 0. The van der Waals surface area contributed by atoms with Crippen LogP contribution in [0.3, 0.4) is 0 Å². The van der Waals surface area contributed by atoms with Gasteiger partial charge in [-0.2, -0.15) is 5.26 Å². The number of hydrogen-bond donors (Lipinski definition) is 0. The first-order chi connectivity index (χ1) is 9.26. The monoisotopic (exact) mass is 272 g/mol. The number of nitriles is 1. The maximum Gasteiger partial charge on any atom is 0.152 e. The molecule has 0 saturated carbocycles. The molecule has 0 aromatic heterocycles. The van der Waals surface area contributed by atoms with Gasteiger partial charge in [0.1, 0.15) is 5.82 Å². The lowest BCUT2D eigenvalue weighted by Crippen LogP contribution is -2.20. The van der Waals surface area contributed by atoms with E-state index in [4.69, 9.17) is 0 Å². The van der Waals surface area contributed by atoms with E-state index in [2.05, 4.69) is 6.07 Å². The summed E-state index contributed by atoms with van der Waals surface area (Å²) in [6.45, 7) is 0. The van der Waals surface area contributed by atoms with Gasteiger partial charge < -0.3 is 0 Å². The van der Waals surface area contributed by atoms with Crippen molar-refractivity contribution in [1.29, 1.82) is 5.26 Å². The highest BCUT2D eigenvalue weighted by atomic mass is 32.2. The van der Waals surface area contributed by atoms with Crippen LogP contribution in [0.25, 0.3) is 0 Å². The van der Waals surface area contributed by atoms with Gasteiger partial charge >= 0.3 is 0 Å². The molecule has 0 aliphatic rings. The molecule has 0 bridgehead atoms. The van der Waals surface area contributed by atoms with Crippen LogP contribution in [0.4, 0.5) is 10.1 Å². The van der Waals surface area contributed by atoms with E-state index < -0.39 is 6.04 Å². The van der Waals surface area contributed by atoms with Crippen molar-refractivity contribution >= 4 is 17.6 Å². The van der Waals surface area contributed by atoms with Crippen LogP contribution in [0.2, 0.25) is 0 Å². The molecule has 19 heavy (non-hydrogen) atoms. The fourth-order valence-corrected chi connectivity index (χ4v) is 2.55. The second kappa shape index (κ2) is 6.26. The SMILES string of the molecule is CSN(c1ccccc1)C(C#N)c1ccc(F)cc1. The number of halogens is 1. The van der Waals surface area contributed by atoms with Crippen LogP contribution in [0.15, 0.2) is 54.6 Å². The normalized spacial score (nSPS) is 11.6. The van der Waals surface area contributed by atoms with Crippen molar-refractivity contribution in [2.45, 2.75) is 6.04 Å². The Labute approximate surface area is 116 Å². The zero-order valence-corrected chi connectivity index (χ0v) is 11.3. The quantitative estimate of drug-likeness (QED) is 0.781. The summed E-state index contributed by atoms with van der Waals surface area (Å²) in [5.74, 6) is -0.296. The van der Waals surface area contributed by atoms with Gasteiger partial charge in [-0.25, -0.2) is 4.39 Å². The van der Waals surface area contributed by atoms with Gasteiger partial charge in [-0.1, -0.05) is 42.3 Å². The molecule has 0 N–H and O–H groups in total. The Morgan fingerprint density at radius 1 is 1.11 bits per heavy atom. The Morgan fingerprint density at radius 3 is 2.26 bits per heavy atom. The molecule has 2 aromatic carbocycles. The molecule has 2 nitrogen and oxygen atoms in total. The second-order valence-corrected chi connectivity index (χ2v) is 4.69. The van der Waals surface area contributed by atoms with Gasteiger partial charge in [0.25, 0.3) is 0 Å². The van der Waals surface area contributed by atoms with E-state index >= 15 is 0 Å². The molecule has 0 spiro atoms. The van der Waals surface area contributed by atoms with Gasteiger partial charge in [0.15, 0.2) is 6.04 Å². The third-order valence-corrected chi connectivity index (χ3v) is 3.56. The smallest absolute Gasteiger partial charge is 0.152 e. The maximum absolute atomic E-state index is 13.0. The number of rotatable bonds is 4. The molecular formula is C15H13FN2S. The second-order valence-electron chi connectivity index (χ2n) is 3.93. The molecule has 96 valence electrons. The van der Waals surface area contributed by atoms with Crippen LogP contribution in [0.1, 0.15) is 11.6 Å². The summed E-state index contributed by atoms with van der Waals surface area (Å²) < 4.78 is 14.9. The maximum atomic E-state index is 13.0. The molecule has 2 aromatic rings. The van der Waals surface area contributed by atoms with Crippen molar-refractivity contribution < 1.29 is 4.39 Å². The van der Waals surface area contributed by atoms with Crippen molar-refractivity contribution in [2.75, 3.05) is 10.6 Å². The molecule has 0 fully saturated rings. The largest absolute Gasteiger partial charge is 0.295 e. The minimum atomic E-state index is -0.446. The number of benzene rings is 2. The summed E-state index contributed by atoms with van der Waals surface area (Å²) in [4.78, 5) is 0. The van der Waals surface area contributed by atoms with Gasteiger partial charge in [0.2, 0.25) is 0 Å². The van der Waals surface area contributed by atoms with E-state index in [1.54, 1.807) is 12.1 Å². The molecule has 0 saturated heterocycles. The van der Waals surface area contributed by atoms with E-state index in [1.807, 2.05) is 40.9 Å². The predicted molar refractivity (Wildman–Crippen MR) is 77.2 cm³/mol. The fourth-order valence-electron chi connectivity index (χ4n) is 1.84. The van der Waals surface area contributed by atoms with Gasteiger partial charge in [-0.3, -0.25) is 4.31 Å². The van der Waals surface area contributed by atoms with Crippen LogP contribution < -0.4 is 4.31 Å². The zero-order chi connectivity index (χ0) is 13.7. The predicted octanol–water partition coefficient (Wildman–Crippen LogP) is 4.17. The number of anilines is 1. The Balaban J connectivity index is 2.35. The first kappa shape index (κ1) is 13.4. The Bertz CT molecular complexity index is 563. The molecule has 0 amide bonds. The van der Waals surface area contributed by atoms with Gasteiger partial charge in [-0.05, 0) is 29.8 Å². The van der Waals surface area contributed by atoms with Crippen molar-refractivity contribution in [2.24, 2.45) is 0 Å². The zero-order valence-electron chi connectivity index (χ0n) is 10.5. The lowest BCUT2D eigenvalue weighted by Gasteiger charge is -2.26. The first-order valence-corrected chi connectivity index (χ1v) is 6.98. The molecule has 1 unspecified atom stereocenters. The van der Waals surface area contributed by atoms with Gasteiger partial charge in [0.05, 0.1) is 6.07 Å². The molecule has 4 heteroatoms. The summed E-state index contributed by atoms with van der Waals surface area (Å²) >= 11 is 1.47. The van der Waals surface area contributed by atoms with Crippen molar-refractivity contribution in [3.63, 3.8) is 0 Å². The molecule has 2 rings (SSSR count).